The number of halogens is 1. The zero-order valence-corrected chi connectivity index (χ0v) is 17.1. The van der Waals surface area contributed by atoms with E-state index in [4.69, 9.17) is 5.73 Å². The monoisotopic (exact) mass is 397 g/mol. The lowest BCUT2D eigenvalue weighted by atomic mass is 10.0. The molecule has 2 aromatic heterocycles. The van der Waals surface area contributed by atoms with Gasteiger partial charge in [-0.3, -0.25) is 9.59 Å². The van der Waals surface area contributed by atoms with E-state index >= 15 is 0 Å². The first-order chi connectivity index (χ1) is 13.6. The van der Waals surface area contributed by atoms with Gasteiger partial charge in [0, 0.05) is 28.6 Å². The standard InChI is InChI=1S/C21H24FN5O2/c1-10(2)17-8-14(15-9-24-27(11(3)4)20(15)25-17)21(29)26-18-7-13(19(23)28)6-16(22)12(18)5/h6-11H,1-5H3,(H2,23,28)(H,26,29). The van der Waals surface area contributed by atoms with Gasteiger partial charge in [0.25, 0.3) is 5.91 Å². The number of rotatable bonds is 5. The van der Waals surface area contributed by atoms with E-state index in [0.29, 0.717) is 16.6 Å². The Kier molecular flexibility index (Phi) is 5.37. The number of nitrogens with zero attached hydrogens (tertiary/aromatic N) is 3. The van der Waals surface area contributed by atoms with Gasteiger partial charge in [0.15, 0.2) is 5.65 Å². The van der Waals surface area contributed by atoms with Crippen LogP contribution in [0.25, 0.3) is 11.0 Å². The molecule has 3 aromatic rings. The minimum absolute atomic E-state index is 0.0150. The van der Waals surface area contributed by atoms with Crippen molar-refractivity contribution in [2.45, 2.75) is 46.6 Å². The van der Waals surface area contributed by atoms with E-state index in [2.05, 4.69) is 15.4 Å². The summed E-state index contributed by atoms with van der Waals surface area (Å²) < 4.78 is 15.9. The third-order valence-electron chi connectivity index (χ3n) is 4.79. The molecule has 1 aromatic carbocycles. The summed E-state index contributed by atoms with van der Waals surface area (Å²) in [5, 5.41) is 7.68. The lowest BCUT2D eigenvalue weighted by Crippen LogP contribution is -2.17. The van der Waals surface area contributed by atoms with Crippen LogP contribution >= 0.6 is 0 Å². The molecule has 7 nitrogen and oxygen atoms in total. The maximum Gasteiger partial charge on any atom is 0.256 e. The van der Waals surface area contributed by atoms with Crippen LogP contribution in [0.2, 0.25) is 0 Å². The van der Waals surface area contributed by atoms with Crippen molar-refractivity contribution in [3.05, 3.63) is 52.6 Å². The Morgan fingerprint density at radius 1 is 1.17 bits per heavy atom. The van der Waals surface area contributed by atoms with Crippen LogP contribution in [0.1, 0.15) is 71.6 Å². The molecule has 0 aliphatic heterocycles. The highest BCUT2D eigenvalue weighted by molar-refractivity contribution is 6.12. The molecule has 2 heterocycles. The van der Waals surface area contributed by atoms with Gasteiger partial charge in [0.2, 0.25) is 5.91 Å². The predicted molar refractivity (Wildman–Crippen MR) is 110 cm³/mol. The second-order valence-electron chi connectivity index (χ2n) is 7.62. The minimum Gasteiger partial charge on any atom is -0.366 e. The number of hydrogen-bond donors (Lipinski definition) is 2. The van der Waals surface area contributed by atoms with Crippen LogP contribution in [-0.2, 0) is 0 Å². The first-order valence-corrected chi connectivity index (χ1v) is 9.39. The zero-order chi connectivity index (χ0) is 21.5. The Balaban J connectivity index is 2.11. The molecule has 29 heavy (non-hydrogen) atoms. The third-order valence-corrected chi connectivity index (χ3v) is 4.79. The fourth-order valence-electron chi connectivity index (χ4n) is 3.04. The topological polar surface area (TPSA) is 103 Å². The Labute approximate surface area is 168 Å². The Morgan fingerprint density at radius 3 is 2.45 bits per heavy atom. The molecule has 0 aliphatic rings. The Hall–Kier alpha value is -3.29. The van der Waals surface area contributed by atoms with Gasteiger partial charge in [-0.15, -0.1) is 0 Å². The van der Waals surface area contributed by atoms with Crippen molar-refractivity contribution in [2.24, 2.45) is 5.73 Å². The van der Waals surface area contributed by atoms with Crippen LogP contribution < -0.4 is 11.1 Å². The summed E-state index contributed by atoms with van der Waals surface area (Å²) in [4.78, 5) is 29.2. The van der Waals surface area contributed by atoms with Gasteiger partial charge in [0.05, 0.1) is 17.1 Å². The number of nitrogens with two attached hydrogens (primary N) is 1. The lowest BCUT2D eigenvalue weighted by Gasteiger charge is -2.14. The number of benzene rings is 1. The molecule has 0 saturated carbocycles. The maximum atomic E-state index is 14.2. The Bertz CT molecular complexity index is 1120. The molecular weight excluding hydrogens is 373 g/mol. The van der Waals surface area contributed by atoms with Gasteiger partial charge in [-0.1, -0.05) is 13.8 Å². The van der Waals surface area contributed by atoms with Crippen LogP contribution in [0.15, 0.2) is 24.4 Å². The van der Waals surface area contributed by atoms with Gasteiger partial charge in [-0.2, -0.15) is 5.10 Å². The van der Waals surface area contributed by atoms with Crippen molar-refractivity contribution >= 4 is 28.5 Å². The lowest BCUT2D eigenvalue weighted by molar-refractivity contribution is 0.0996. The van der Waals surface area contributed by atoms with E-state index in [0.717, 1.165) is 11.8 Å². The summed E-state index contributed by atoms with van der Waals surface area (Å²) in [6.07, 6.45) is 1.61. The smallest absolute Gasteiger partial charge is 0.256 e. The van der Waals surface area contributed by atoms with Crippen molar-refractivity contribution in [3.63, 3.8) is 0 Å². The number of pyridine rings is 1. The quantitative estimate of drug-likeness (QED) is 0.681. The largest absolute Gasteiger partial charge is 0.366 e. The zero-order valence-electron chi connectivity index (χ0n) is 17.1. The SMILES string of the molecule is Cc1c(F)cc(C(N)=O)cc1NC(=O)c1cc(C(C)C)nc2c1cnn2C(C)C. The molecule has 0 radical (unpaired) electrons. The molecule has 0 aliphatic carbocycles. The molecule has 0 atom stereocenters. The van der Waals surface area contributed by atoms with Gasteiger partial charge < -0.3 is 11.1 Å². The van der Waals surface area contributed by atoms with E-state index in [1.165, 1.54) is 13.0 Å². The number of carbonyl (C=O) groups excluding carboxylic acids is 2. The number of primary amides is 1. The van der Waals surface area contributed by atoms with Crippen LogP contribution in [0.3, 0.4) is 0 Å². The van der Waals surface area contributed by atoms with E-state index < -0.39 is 17.6 Å². The van der Waals surface area contributed by atoms with Crippen LogP contribution in [-0.4, -0.2) is 26.6 Å². The number of fused-ring (bicyclic) bond motifs is 1. The average molecular weight is 397 g/mol. The van der Waals surface area contributed by atoms with Gasteiger partial charge in [0.1, 0.15) is 5.82 Å². The maximum absolute atomic E-state index is 14.2. The molecule has 3 rings (SSSR count). The number of anilines is 1. The molecule has 8 heteroatoms. The number of aromatic nitrogens is 3. The molecule has 0 fully saturated rings. The summed E-state index contributed by atoms with van der Waals surface area (Å²) in [7, 11) is 0. The normalized spacial score (nSPS) is 11.4. The van der Waals surface area contributed by atoms with Crippen LogP contribution in [0, 0.1) is 12.7 Å². The van der Waals surface area contributed by atoms with E-state index in [1.807, 2.05) is 27.7 Å². The number of nitrogens with one attached hydrogen (secondary N) is 1. The molecule has 0 saturated heterocycles. The number of amides is 2. The van der Waals surface area contributed by atoms with Crippen LogP contribution in [0.4, 0.5) is 10.1 Å². The first kappa shape index (κ1) is 20.4. The highest BCUT2D eigenvalue weighted by atomic mass is 19.1. The molecular formula is C21H24FN5O2. The van der Waals surface area contributed by atoms with Crippen molar-refractivity contribution in [1.82, 2.24) is 14.8 Å². The molecule has 0 bridgehead atoms. The van der Waals surface area contributed by atoms with Crippen molar-refractivity contribution in [2.75, 3.05) is 5.32 Å². The molecule has 2 amide bonds. The van der Waals surface area contributed by atoms with E-state index in [1.54, 1.807) is 16.9 Å². The van der Waals surface area contributed by atoms with Crippen molar-refractivity contribution in [3.8, 4) is 0 Å². The third kappa shape index (κ3) is 3.83. The van der Waals surface area contributed by atoms with E-state index in [-0.39, 0.29) is 28.8 Å². The van der Waals surface area contributed by atoms with Crippen molar-refractivity contribution in [1.29, 1.82) is 0 Å². The fraction of sp³-hybridized carbons (Fsp3) is 0.333. The second-order valence-corrected chi connectivity index (χ2v) is 7.62. The number of carbonyl (C=O) groups is 2. The molecule has 0 unspecified atom stereocenters. The van der Waals surface area contributed by atoms with Gasteiger partial charge in [-0.05, 0) is 44.9 Å². The molecule has 0 spiro atoms. The summed E-state index contributed by atoms with van der Waals surface area (Å²) >= 11 is 0. The summed E-state index contributed by atoms with van der Waals surface area (Å²) in [6.45, 7) is 9.46. The van der Waals surface area contributed by atoms with Crippen LogP contribution in [0.5, 0.6) is 0 Å². The van der Waals surface area contributed by atoms with Gasteiger partial charge >= 0.3 is 0 Å². The average Bonchev–Trinajstić information content (AvgIpc) is 3.08. The predicted octanol–water partition coefficient (Wildman–Crippen LogP) is 3.93. The minimum atomic E-state index is -0.772. The fourth-order valence-corrected chi connectivity index (χ4v) is 3.04. The summed E-state index contributed by atoms with van der Waals surface area (Å²) in [6, 6.07) is 4.22. The second kappa shape index (κ2) is 7.62. The van der Waals surface area contributed by atoms with Crippen molar-refractivity contribution < 1.29 is 14.0 Å². The number of hydrogen-bond acceptors (Lipinski definition) is 4. The highest BCUT2D eigenvalue weighted by Crippen LogP contribution is 2.26. The van der Waals surface area contributed by atoms with Gasteiger partial charge in [-0.25, -0.2) is 14.1 Å². The van der Waals surface area contributed by atoms with E-state index in [9.17, 15) is 14.0 Å². The first-order valence-electron chi connectivity index (χ1n) is 9.39. The summed E-state index contributed by atoms with van der Waals surface area (Å²) in [5.74, 6) is -1.73. The highest BCUT2D eigenvalue weighted by Gasteiger charge is 2.20. The molecule has 3 N–H and O–H groups in total. The molecule has 152 valence electrons. The Morgan fingerprint density at radius 2 is 1.86 bits per heavy atom. The summed E-state index contributed by atoms with van der Waals surface area (Å²) in [5.41, 5.74) is 7.41.